The van der Waals surface area contributed by atoms with Crippen LogP contribution in [0.4, 0.5) is 0 Å². The molecule has 3 saturated heterocycles. The Kier molecular flexibility index (Phi) is 3.79. The van der Waals surface area contributed by atoms with Crippen LogP contribution in [-0.4, -0.2) is 36.5 Å². The molecule has 3 fully saturated rings. The number of carbonyl (C=O) groups excluding carboxylic acids is 1. The van der Waals surface area contributed by atoms with Crippen molar-refractivity contribution in [1.82, 2.24) is 10.2 Å². The predicted octanol–water partition coefficient (Wildman–Crippen LogP) is 3.92. The van der Waals surface area contributed by atoms with Crippen LogP contribution >= 0.6 is 0 Å². The molecule has 1 N–H and O–H groups in total. The van der Waals surface area contributed by atoms with Gasteiger partial charge in [0.15, 0.2) is 5.76 Å². The zero-order valence-corrected chi connectivity index (χ0v) is 14.7. The first-order valence-corrected chi connectivity index (χ1v) is 9.38. The van der Waals surface area contributed by atoms with Gasteiger partial charge in [-0.1, -0.05) is 36.4 Å². The van der Waals surface area contributed by atoms with Gasteiger partial charge in [0.05, 0.1) is 0 Å². The van der Waals surface area contributed by atoms with E-state index < -0.39 is 0 Å². The molecule has 0 aliphatic carbocycles. The minimum absolute atomic E-state index is 0.101. The number of rotatable bonds is 3. The summed E-state index contributed by atoms with van der Waals surface area (Å²) < 4.78 is 5.88. The van der Waals surface area contributed by atoms with Crippen molar-refractivity contribution in [2.75, 3.05) is 19.6 Å². The fourth-order valence-corrected chi connectivity index (χ4v) is 4.33. The first-order chi connectivity index (χ1) is 12.8. The van der Waals surface area contributed by atoms with Gasteiger partial charge in [0.2, 0.25) is 0 Å². The summed E-state index contributed by atoms with van der Waals surface area (Å²) in [6.45, 7) is 3.31. The smallest absolute Gasteiger partial charge is 0.287 e. The van der Waals surface area contributed by atoms with Crippen molar-refractivity contribution < 1.29 is 9.21 Å². The predicted molar refractivity (Wildman–Crippen MR) is 102 cm³/mol. The van der Waals surface area contributed by atoms with Crippen molar-refractivity contribution in [2.24, 2.45) is 5.92 Å². The van der Waals surface area contributed by atoms with E-state index in [1.54, 1.807) is 6.07 Å². The normalized spacial score (nSPS) is 24.7. The molecule has 0 saturated carbocycles. The Labute approximate surface area is 152 Å². The number of piperidine rings is 3. The van der Waals surface area contributed by atoms with Crippen molar-refractivity contribution >= 4 is 16.7 Å². The zero-order chi connectivity index (χ0) is 17.5. The third-order valence-corrected chi connectivity index (χ3v) is 5.84. The van der Waals surface area contributed by atoms with Gasteiger partial charge < -0.3 is 14.6 Å². The molecule has 1 amide bonds. The first-order valence-electron chi connectivity index (χ1n) is 9.38. The lowest BCUT2D eigenvalue weighted by atomic mass is 9.84. The summed E-state index contributed by atoms with van der Waals surface area (Å²) in [5.41, 5.74) is 0.991. The molecule has 2 aromatic carbocycles. The van der Waals surface area contributed by atoms with E-state index in [0.29, 0.717) is 11.7 Å². The summed E-state index contributed by atoms with van der Waals surface area (Å²) in [5, 5.41) is 5.55. The number of hydrogen-bond donors (Lipinski definition) is 1. The Balaban J connectivity index is 1.34. The molecule has 0 radical (unpaired) electrons. The van der Waals surface area contributed by atoms with Crippen molar-refractivity contribution in [3.8, 4) is 11.3 Å². The molecule has 3 aromatic rings. The third kappa shape index (κ3) is 2.80. The minimum atomic E-state index is -0.101. The van der Waals surface area contributed by atoms with E-state index in [0.717, 1.165) is 17.9 Å². The molecule has 4 heterocycles. The largest absolute Gasteiger partial charge is 0.451 e. The molecule has 3 aliphatic heterocycles. The van der Waals surface area contributed by atoms with Crippen LogP contribution in [0.15, 0.2) is 59.0 Å². The highest BCUT2D eigenvalue weighted by Crippen LogP contribution is 2.29. The summed E-state index contributed by atoms with van der Waals surface area (Å²) >= 11 is 0. The standard InChI is InChI=1S/C22H22N2O2/c25-22(23-19-14-24-11-9-16(19)10-12-24)21-8-7-20(26-21)18-6-5-15-3-1-2-4-17(15)13-18/h1-8,13,16,19H,9-12,14H2,(H,23,25)/t19-/m0/s1. The molecule has 6 rings (SSSR count). The molecule has 1 atom stereocenters. The SMILES string of the molecule is O=C(N[C@H]1CN2CCC1CC2)c1ccc(-c2ccc3ccccc3c2)o1. The highest BCUT2D eigenvalue weighted by Gasteiger charge is 2.35. The van der Waals surface area contributed by atoms with Crippen LogP contribution in [0.1, 0.15) is 23.4 Å². The third-order valence-electron chi connectivity index (χ3n) is 5.84. The molecule has 1 aromatic heterocycles. The van der Waals surface area contributed by atoms with Gasteiger partial charge in [-0.05, 0) is 60.8 Å². The Morgan fingerprint density at radius 3 is 2.58 bits per heavy atom. The van der Waals surface area contributed by atoms with Gasteiger partial charge in [0, 0.05) is 18.2 Å². The lowest BCUT2D eigenvalue weighted by Gasteiger charge is -2.44. The summed E-state index contributed by atoms with van der Waals surface area (Å²) in [7, 11) is 0. The summed E-state index contributed by atoms with van der Waals surface area (Å²) in [6, 6.07) is 18.4. The molecule has 26 heavy (non-hydrogen) atoms. The number of hydrogen-bond acceptors (Lipinski definition) is 3. The highest BCUT2D eigenvalue weighted by atomic mass is 16.3. The van der Waals surface area contributed by atoms with Crippen LogP contribution in [0.3, 0.4) is 0 Å². The van der Waals surface area contributed by atoms with E-state index in [1.165, 1.54) is 36.7 Å². The number of nitrogens with zero attached hydrogens (tertiary/aromatic N) is 1. The molecule has 132 valence electrons. The van der Waals surface area contributed by atoms with Gasteiger partial charge in [0.1, 0.15) is 5.76 Å². The van der Waals surface area contributed by atoms with Gasteiger partial charge in [-0.15, -0.1) is 0 Å². The van der Waals surface area contributed by atoms with E-state index in [2.05, 4.69) is 34.5 Å². The monoisotopic (exact) mass is 346 g/mol. The number of carbonyl (C=O) groups is 1. The molecular weight excluding hydrogens is 324 g/mol. The zero-order valence-electron chi connectivity index (χ0n) is 14.7. The summed E-state index contributed by atoms with van der Waals surface area (Å²) in [4.78, 5) is 15.1. The summed E-state index contributed by atoms with van der Waals surface area (Å²) in [6.07, 6.45) is 2.37. The van der Waals surface area contributed by atoms with Crippen LogP contribution in [0.5, 0.6) is 0 Å². The van der Waals surface area contributed by atoms with Crippen LogP contribution in [-0.2, 0) is 0 Å². The van der Waals surface area contributed by atoms with Crippen LogP contribution in [0.2, 0.25) is 0 Å². The van der Waals surface area contributed by atoms with Gasteiger partial charge in [0.25, 0.3) is 5.91 Å². The number of amides is 1. The van der Waals surface area contributed by atoms with Crippen molar-refractivity contribution in [3.63, 3.8) is 0 Å². The van der Waals surface area contributed by atoms with Crippen molar-refractivity contribution in [2.45, 2.75) is 18.9 Å². The minimum Gasteiger partial charge on any atom is -0.451 e. The van der Waals surface area contributed by atoms with E-state index in [9.17, 15) is 4.79 Å². The summed E-state index contributed by atoms with van der Waals surface area (Å²) in [5.74, 6) is 1.63. The highest BCUT2D eigenvalue weighted by molar-refractivity contribution is 5.93. The lowest BCUT2D eigenvalue weighted by Crippen LogP contribution is -2.57. The second-order valence-corrected chi connectivity index (χ2v) is 7.44. The maximum absolute atomic E-state index is 12.6. The molecule has 4 heteroatoms. The molecule has 0 spiro atoms. The second kappa shape index (κ2) is 6.29. The fraction of sp³-hybridized carbons (Fsp3) is 0.318. The average molecular weight is 346 g/mol. The van der Waals surface area contributed by atoms with Gasteiger partial charge in [-0.3, -0.25) is 4.79 Å². The van der Waals surface area contributed by atoms with Crippen LogP contribution in [0.25, 0.3) is 22.1 Å². The van der Waals surface area contributed by atoms with Gasteiger partial charge >= 0.3 is 0 Å². The Morgan fingerprint density at radius 2 is 1.81 bits per heavy atom. The van der Waals surface area contributed by atoms with Crippen molar-refractivity contribution in [1.29, 1.82) is 0 Å². The molecule has 0 unspecified atom stereocenters. The van der Waals surface area contributed by atoms with Crippen LogP contribution in [0, 0.1) is 5.92 Å². The van der Waals surface area contributed by atoms with E-state index in [-0.39, 0.29) is 11.9 Å². The van der Waals surface area contributed by atoms with E-state index >= 15 is 0 Å². The second-order valence-electron chi connectivity index (χ2n) is 7.44. The average Bonchev–Trinajstić information content (AvgIpc) is 3.19. The first kappa shape index (κ1) is 15.6. The fourth-order valence-electron chi connectivity index (χ4n) is 4.33. The maximum Gasteiger partial charge on any atom is 0.287 e. The lowest BCUT2D eigenvalue weighted by molar-refractivity contribution is 0.0606. The van der Waals surface area contributed by atoms with E-state index in [1.807, 2.05) is 24.3 Å². The maximum atomic E-state index is 12.6. The molecule has 3 aliphatic rings. The topological polar surface area (TPSA) is 45.5 Å². The number of nitrogens with one attached hydrogen (secondary N) is 1. The van der Waals surface area contributed by atoms with Crippen LogP contribution < -0.4 is 5.32 Å². The Hall–Kier alpha value is -2.59. The number of fused-ring (bicyclic) bond motifs is 4. The number of benzene rings is 2. The Morgan fingerprint density at radius 1 is 1.00 bits per heavy atom. The molecule has 4 nitrogen and oxygen atoms in total. The molecule has 2 bridgehead atoms. The van der Waals surface area contributed by atoms with Gasteiger partial charge in [-0.2, -0.15) is 0 Å². The molecular formula is C22H22N2O2. The van der Waals surface area contributed by atoms with Gasteiger partial charge in [-0.25, -0.2) is 0 Å². The quantitative estimate of drug-likeness (QED) is 0.782. The van der Waals surface area contributed by atoms with E-state index in [4.69, 9.17) is 4.42 Å². The number of furan rings is 1. The van der Waals surface area contributed by atoms with Crippen molar-refractivity contribution in [3.05, 3.63) is 60.4 Å². The Bertz CT molecular complexity index is 953.